The summed E-state index contributed by atoms with van der Waals surface area (Å²) in [5.74, 6) is 1.71. The van der Waals surface area contributed by atoms with Crippen LogP contribution in [0.5, 0.6) is 0 Å². The molecule has 1 N–H and O–H groups in total. The Kier molecular flexibility index (Phi) is 7.08. The molecule has 0 aliphatic carbocycles. The Balaban J connectivity index is 2.65. The highest BCUT2D eigenvalue weighted by Crippen LogP contribution is 2.07. The quantitative estimate of drug-likeness (QED) is 0.787. The van der Waals surface area contributed by atoms with Crippen molar-refractivity contribution in [2.45, 2.75) is 34.2 Å². The van der Waals surface area contributed by atoms with E-state index in [2.05, 4.69) is 15.3 Å². The number of hydrogen-bond acceptors (Lipinski definition) is 5. The molecule has 6 heteroatoms. The van der Waals surface area contributed by atoms with Gasteiger partial charge in [0.05, 0.1) is 13.1 Å². The second kappa shape index (κ2) is 8.56. The van der Waals surface area contributed by atoms with E-state index in [0.29, 0.717) is 13.1 Å². The minimum atomic E-state index is 0.141. The predicted octanol–water partition coefficient (Wildman–Crippen LogP) is 1.52. The Hall–Kier alpha value is -1.69. The first kappa shape index (κ1) is 17.4. The summed E-state index contributed by atoms with van der Waals surface area (Å²) in [5, 5.41) is 3.19. The van der Waals surface area contributed by atoms with Crippen molar-refractivity contribution in [1.29, 1.82) is 0 Å². The number of nitrogens with one attached hydrogen (secondary N) is 1. The maximum Gasteiger partial charge on any atom is 0.236 e. The van der Waals surface area contributed by atoms with Crippen LogP contribution in [0, 0.1) is 6.92 Å². The zero-order valence-electron chi connectivity index (χ0n) is 13.8. The Bertz CT molecular complexity index is 459. The number of rotatable bonds is 8. The second-order valence-electron chi connectivity index (χ2n) is 5.08. The summed E-state index contributed by atoms with van der Waals surface area (Å²) in [6.45, 7) is 11.2. The van der Waals surface area contributed by atoms with Gasteiger partial charge in [0.2, 0.25) is 5.91 Å². The van der Waals surface area contributed by atoms with E-state index in [1.165, 1.54) is 0 Å². The summed E-state index contributed by atoms with van der Waals surface area (Å²) >= 11 is 0. The second-order valence-corrected chi connectivity index (χ2v) is 5.08. The van der Waals surface area contributed by atoms with Crippen LogP contribution >= 0.6 is 0 Å². The van der Waals surface area contributed by atoms with Crippen molar-refractivity contribution < 1.29 is 4.79 Å². The molecule has 1 aromatic heterocycles. The van der Waals surface area contributed by atoms with Gasteiger partial charge in [-0.25, -0.2) is 9.97 Å². The van der Waals surface area contributed by atoms with Crippen LogP contribution in [0.3, 0.4) is 0 Å². The molecule has 1 rings (SSSR count). The third-order valence-corrected chi connectivity index (χ3v) is 3.19. The number of carbonyl (C=O) groups excluding carboxylic acids is 1. The van der Waals surface area contributed by atoms with Crippen molar-refractivity contribution in [1.82, 2.24) is 19.8 Å². The van der Waals surface area contributed by atoms with Crippen LogP contribution in [0.2, 0.25) is 0 Å². The zero-order chi connectivity index (χ0) is 15.8. The Labute approximate surface area is 127 Å². The van der Waals surface area contributed by atoms with Crippen LogP contribution < -0.4 is 5.32 Å². The van der Waals surface area contributed by atoms with Crippen LogP contribution in [0.15, 0.2) is 6.07 Å². The van der Waals surface area contributed by atoms with Gasteiger partial charge in [0.1, 0.15) is 11.6 Å². The van der Waals surface area contributed by atoms with Gasteiger partial charge in [-0.2, -0.15) is 0 Å². The Morgan fingerprint density at radius 2 is 1.90 bits per heavy atom. The highest BCUT2D eigenvalue weighted by Gasteiger charge is 2.13. The summed E-state index contributed by atoms with van der Waals surface area (Å²) in [6, 6.07) is 1.92. The van der Waals surface area contributed by atoms with Gasteiger partial charge in [-0.05, 0) is 34.7 Å². The number of nitrogens with zero attached hydrogens (tertiary/aromatic N) is 4. The molecule has 0 unspecified atom stereocenters. The van der Waals surface area contributed by atoms with Gasteiger partial charge in [-0.3, -0.25) is 9.69 Å². The van der Waals surface area contributed by atoms with E-state index in [-0.39, 0.29) is 5.91 Å². The predicted molar refractivity (Wildman–Crippen MR) is 85.2 cm³/mol. The number of aryl methyl sites for hydroxylation is 1. The first-order chi connectivity index (χ1) is 9.99. The third-order valence-electron chi connectivity index (χ3n) is 3.19. The highest BCUT2D eigenvalue weighted by molar-refractivity contribution is 5.78. The molecule has 0 radical (unpaired) electrons. The fourth-order valence-electron chi connectivity index (χ4n) is 2.18. The van der Waals surface area contributed by atoms with Crippen molar-refractivity contribution in [3.05, 3.63) is 17.6 Å². The summed E-state index contributed by atoms with van der Waals surface area (Å²) in [7, 11) is 1.92. The van der Waals surface area contributed by atoms with Gasteiger partial charge < -0.3 is 10.2 Å². The third kappa shape index (κ3) is 5.67. The van der Waals surface area contributed by atoms with Crippen molar-refractivity contribution in [3.63, 3.8) is 0 Å². The van der Waals surface area contributed by atoms with Crippen molar-refractivity contribution >= 4 is 11.7 Å². The molecule has 118 valence electrons. The molecule has 1 heterocycles. The van der Waals surface area contributed by atoms with Gasteiger partial charge in [0.15, 0.2) is 0 Å². The summed E-state index contributed by atoms with van der Waals surface area (Å²) in [5.41, 5.74) is 0.930. The largest absolute Gasteiger partial charge is 0.370 e. The molecule has 1 amide bonds. The number of carbonyl (C=O) groups is 1. The molecular weight excluding hydrogens is 266 g/mol. The van der Waals surface area contributed by atoms with Gasteiger partial charge in [0.25, 0.3) is 0 Å². The molecule has 0 aliphatic rings. The molecule has 0 saturated heterocycles. The Morgan fingerprint density at radius 1 is 1.24 bits per heavy atom. The van der Waals surface area contributed by atoms with Crippen LogP contribution in [-0.4, -0.2) is 58.9 Å². The smallest absolute Gasteiger partial charge is 0.236 e. The average molecular weight is 293 g/mol. The molecule has 0 aliphatic heterocycles. The maximum atomic E-state index is 12.1. The molecule has 0 fully saturated rings. The van der Waals surface area contributed by atoms with E-state index in [9.17, 15) is 4.79 Å². The van der Waals surface area contributed by atoms with E-state index in [1.807, 2.05) is 50.6 Å². The topological polar surface area (TPSA) is 61.4 Å². The lowest BCUT2D eigenvalue weighted by Gasteiger charge is -2.22. The molecule has 0 atom stereocenters. The van der Waals surface area contributed by atoms with Crippen LogP contribution in [0.4, 0.5) is 5.82 Å². The van der Waals surface area contributed by atoms with Gasteiger partial charge in [0, 0.05) is 31.4 Å². The van der Waals surface area contributed by atoms with Crippen molar-refractivity contribution in [2.75, 3.05) is 38.5 Å². The molecular formula is C15H27N5O. The molecule has 6 nitrogen and oxygen atoms in total. The van der Waals surface area contributed by atoms with E-state index in [0.717, 1.165) is 37.0 Å². The first-order valence-electron chi connectivity index (χ1n) is 7.54. The van der Waals surface area contributed by atoms with E-state index < -0.39 is 0 Å². The molecule has 21 heavy (non-hydrogen) atoms. The minimum Gasteiger partial charge on any atom is -0.370 e. The van der Waals surface area contributed by atoms with Crippen molar-refractivity contribution in [3.8, 4) is 0 Å². The summed E-state index contributed by atoms with van der Waals surface area (Å²) in [6.07, 6.45) is 0. The highest BCUT2D eigenvalue weighted by atomic mass is 16.2. The van der Waals surface area contributed by atoms with Crippen LogP contribution in [0.25, 0.3) is 0 Å². The monoisotopic (exact) mass is 293 g/mol. The SMILES string of the molecule is CCNc1cc(C)nc(CN(C)CC(=O)N(CC)CC)n1. The van der Waals surface area contributed by atoms with Gasteiger partial charge in [-0.1, -0.05) is 0 Å². The van der Waals surface area contributed by atoms with Gasteiger partial charge >= 0.3 is 0 Å². The Morgan fingerprint density at radius 3 is 2.48 bits per heavy atom. The lowest BCUT2D eigenvalue weighted by atomic mass is 10.3. The minimum absolute atomic E-state index is 0.141. The lowest BCUT2D eigenvalue weighted by Crippen LogP contribution is -2.38. The van der Waals surface area contributed by atoms with Crippen LogP contribution in [0.1, 0.15) is 32.3 Å². The first-order valence-corrected chi connectivity index (χ1v) is 7.54. The number of hydrogen-bond donors (Lipinski definition) is 1. The zero-order valence-corrected chi connectivity index (χ0v) is 13.8. The maximum absolute atomic E-state index is 12.1. The number of aromatic nitrogens is 2. The summed E-state index contributed by atoms with van der Waals surface area (Å²) in [4.78, 5) is 24.8. The fourth-order valence-corrected chi connectivity index (χ4v) is 2.18. The van der Waals surface area contributed by atoms with E-state index in [1.54, 1.807) is 0 Å². The lowest BCUT2D eigenvalue weighted by molar-refractivity contribution is -0.131. The fraction of sp³-hybridized carbons (Fsp3) is 0.667. The van der Waals surface area contributed by atoms with Gasteiger partial charge in [-0.15, -0.1) is 0 Å². The van der Waals surface area contributed by atoms with Crippen molar-refractivity contribution in [2.24, 2.45) is 0 Å². The number of anilines is 1. The number of amides is 1. The summed E-state index contributed by atoms with van der Waals surface area (Å²) < 4.78 is 0. The molecule has 0 spiro atoms. The molecule has 1 aromatic rings. The van der Waals surface area contributed by atoms with E-state index >= 15 is 0 Å². The molecule has 0 aromatic carbocycles. The molecule has 0 saturated carbocycles. The van der Waals surface area contributed by atoms with E-state index in [4.69, 9.17) is 0 Å². The average Bonchev–Trinajstić information content (AvgIpc) is 2.39. The number of likely N-dealkylation sites (N-methyl/N-ethyl adjacent to an activating group) is 2. The standard InChI is InChI=1S/C15H27N5O/c1-6-16-13-9-12(4)17-14(18-13)10-19(5)11-15(21)20(7-2)8-3/h9H,6-8,10-11H2,1-5H3,(H,16,17,18). The molecule has 0 bridgehead atoms. The van der Waals surface area contributed by atoms with Crippen LogP contribution in [-0.2, 0) is 11.3 Å². The normalized spacial score (nSPS) is 10.8.